The van der Waals surface area contributed by atoms with E-state index in [1.165, 1.54) is 0 Å². The molecule has 2 fully saturated rings. The van der Waals surface area contributed by atoms with Crippen LogP contribution in [0, 0.1) is 24.2 Å². The van der Waals surface area contributed by atoms with Gasteiger partial charge in [0.2, 0.25) is 11.8 Å². The Hall–Kier alpha value is -1.50. The number of hydrogen-bond donors (Lipinski definition) is 1. The van der Waals surface area contributed by atoms with Gasteiger partial charge in [0.1, 0.15) is 6.17 Å². The summed E-state index contributed by atoms with van der Waals surface area (Å²) in [6, 6.07) is 0.00465. The van der Waals surface area contributed by atoms with Gasteiger partial charge in [0, 0.05) is 25.8 Å². The Balaban J connectivity index is 1.47. The van der Waals surface area contributed by atoms with Crippen molar-refractivity contribution in [3.8, 4) is 0 Å². The maximum Gasteiger partial charge on any atom is 0.236 e. The van der Waals surface area contributed by atoms with Gasteiger partial charge in [-0.25, -0.2) is 4.39 Å². The maximum atomic E-state index is 13.4. The summed E-state index contributed by atoms with van der Waals surface area (Å²) >= 11 is 0. The molecule has 6 nitrogen and oxygen atoms in total. The number of nitrogens with zero attached hydrogens (tertiary/aromatic N) is 3. The quantitative estimate of drug-likeness (QED) is 0.838. The summed E-state index contributed by atoms with van der Waals surface area (Å²) in [6.07, 6.45) is 2.68. The summed E-state index contributed by atoms with van der Waals surface area (Å²) in [6.45, 7) is 9.65. The molecule has 1 aromatic heterocycles. The molecule has 2 aliphatic rings. The van der Waals surface area contributed by atoms with Crippen LogP contribution in [0.1, 0.15) is 51.7 Å². The summed E-state index contributed by atoms with van der Waals surface area (Å²) < 4.78 is 18.5. The normalized spacial score (nSPS) is 30.9. The smallest absolute Gasteiger partial charge is 0.236 e. The second-order valence-corrected chi connectivity index (χ2v) is 8.59. The average Bonchev–Trinajstić information content (AvgIpc) is 3.20. The fourth-order valence-corrected chi connectivity index (χ4v) is 4.62. The van der Waals surface area contributed by atoms with Crippen molar-refractivity contribution in [2.24, 2.45) is 17.3 Å². The number of aryl methyl sites for hydroxylation is 1. The van der Waals surface area contributed by atoms with E-state index in [4.69, 9.17) is 4.52 Å². The molecule has 0 radical (unpaired) electrons. The van der Waals surface area contributed by atoms with Gasteiger partial charge in [-0.2, -0.15) is 4.98 Å². The lowest BCUT2D eigenvalue weighted by molar-refractivity contribution is -0.131. The highest BCUT2D eigenvalue weighted by Gasteiger charge is 2.43. The highest BCUT2D eigenvalue weighted by molar-refractivity contribution is 5.79. The van der Waals surface area contributed by atoms with Crippen LogP contribution in [0.2, 0.25) is 0 Å². The van der Waals surface area contributed by atoms with Crippen LogP contribution < -0.4 is 5.32 Å². The minimum atomic E-state index is -0.878. The predicted molar refractivity (Wildman–Crippen MR) is 96.3 cm³/mol. The first kappa shape index (κ1) is 19.3. The molecule has 1 aliphatic heterocycles. The lowest BCUT2D eigenvalue weighted by Crippen LogP contribution is -2.42. The summed E-state index contributed by atoms with van der Waals surface area (Å²) in [4.78, 5) is 18.3. The van der Waals surface area contributed by atoms with Crippen LogP contribution in [-0.2, 0) is 11.2 Å². The zero-order chi connectivity index (χ0) is 18.9. The van der Waals surface area contributed by atoms with Crippen molar-refractivity contribution < 1.29 is 13.7 Å². The topological polar surface area (TPSA) is 71.3 Å². The minimum Gasteiger partial charge on any atom is -0.340 e. The molecule has 2 heterocycles. The Bertz CT molecular complexity index is 633. The highest BCUT2D eigenvalue weighted by Crippen LogP contribution is 2.48. The minimum absolute atomic E-state index is 0.00465. The van der Waals surface area contributed by atoms with Crippen LogP contribution in [0.15, 0.2) is 4.52 Å². The number of carbonyl (C=O) groups is 1. The molecule has 0 aromatic carbocycles. The van der Waals surface area contributed by atoms with E-state index in [2.05, 4.69) is 29.3 Å². The van der Waals surface area contributed by atoms with Crippen LogP contribution in [0.4, 0.5) is 4.39 Å². The summed E-state index contributed by atoms with van der Waals surface area (Å²) in [5, 5.41) is 7.35. The Kier molecular flexibility index (Phi) is 5.65. The Morgan fingerprint density at radius 3 is 2.73 bits per heavy atom. The van der Waals surface area contributed by atoms with E-state index in [1.54, 1.807) is 4.90 Å². The molecular formula is C19H31FN4O2. The van der Waals surface area contributed by atoms with Crippen LogP contribution in [0.3, 0.4) is 0 Å². The third-order valence-electron chi connectivity index (χ3n) is 6.48. The molecule has 1 saturated heterocycles. The molecular weight excluding hydrogens is 335 g/mol. The lowest BCUT2D eigenvalue weighted by Gasteiger charge is -2.33. The van der Waals surface area contributed by atoms with Gasteiger partial charge < -0.3 is 14.7 Å². The average molecular weight is 366 g/mol. The summed E-state index contributed by atoms with van der Waals surface area (Å²) in [5.74, 6) is 2.41. The van der Waals surface area contributed by atoms with Crippen LogP contribution in [-0.4, -0.2) is 52.8 Å². The van der Waals surface area contributed by atoms with Crippen LogP contribution >= 0.6 is 0 Å². The second-order valence-electron chi connectivity index (χ2n) is 8.59. The van der Waals surface area contributed by atoms with E-state index in [-0.39, 0.29) is 23.9 Å². The van der Waals surface area contributed by atoms with Gasteiger partial charge in [-0.1, -0.05) is 19.0 Å². The Labute approximate surface area is 154 Å². The molecule has 26 heavy (non-hydrogen) atoms. The fourth-order valence-electron chi connectivity index (χ4n) is 4.62. The number of hydrogen-bond acceptors (Lipinski definition) is 5. The van der Waals surface area contributed by atoms with E-state index >= 15 is 0 Å². The van der Waals surface area contributed by atoms with E-state index in [0.29, 0.717) is 30.7 Å². The molecule has 4 atom stereocenters. The number of halogens is 1. The predicted octanol–water partition coefficient (Wildman–Crippen LogP) is 2.52. The molecule has 1 amide bonds. The molecule has 0 spiro atoms. The van der Waals surface area contributed by atoms with Crippen LogP contribution in [0.5, 0.6) is 0 Å². The third-order valence-corrected chi connectivity index (χ3v) is 6.48. The number of aromatic nitrogens is 2. The van der Waals surface area contributed by atoms with Crippen molar-refractivity contribution in [1.82, 2.24) is 20.4 Å². The Morgan fingerprint density at radius 1 is 1.38 bits per heavy atom. The van der Waals surface area contributed by atoms with Crippen molar-refractivity contribution in [1.29, 1.82) is 0 Å². The standard InChI is InChI=1S/C19H31FN4O2/c1-12-7-16(20)11-24(12)18(25)10-21-9-15-6-5-14(19(15,3)4)8-17-22-13(2)26-23-17/h12,14-16,21H,5-11H2,1-4H3/t12-,14-,15?,16+/m1/s1. The summed E-state index contributed by atoms with van der Waals surface area (Å²) in [5.41, 5.74) is 0.148. The number of likely N-dealkylation sites (tertiary alicyclic amines) is 1. The van der Waals surface area contributed by atoms with Crippen molar-refractivity contribution >= 4 is 5.91 Å². The molecule has 1 saturated carbocycles. The highest BCUT2D eigenvalue weighted by atomic mass is 19.1. The van der Waals surface area contributed by atoms with E-state index in [1.807, 2.05) is 13.8 Å². The van der Waals surface area contributed by atoms with Gasteiger partial charge in [0.05, 0.1) is 13.1 Å². The molecule has 7 heteroatoms. The largest absolute Gasteiger partial charge is 0.340 e. The van der Waals surface area contributed by atoms with Gasteiger partial charge in [-0.15, -0.1) is 0 Å². The SMILES string of the molecule is Cc1nc(C[C@H]2CCC(CNCC(=O)N3C[C@@H](F)C[C@H]3C)C2(C)C)no1. The van der Waals surface area contributed by atoms with Crippen molar-refractivity contribution in [3.63, 3.8) is 0 Å². The molecule has 3 rings (SSSR count). The molecule has 1 aromatic rings. The first-order valence-corrected chi connectivity index (χ1v) is 9.70. The van der Waals surface area contributed by atoms with Gasteiger partial charge in [-0.3, -0.25) is 4.79 Å². The number of carbonyl (C=O) groups excluding carboxylic acids is 1. The first-order chi connectivity index (χ1) is 12.3. The zero-order valence-corrected chi connectivity index (χ0v) is 16.3. The molecule has 1 N–H and O–H groups in total. The molecule has 0 bridgehead atoms. The van der Waals surface area contributed by atoms with Gasteiger partial charge >= 0.3 is 0 Å². The Morgan fingerprint density at radius 2 is 2.12 bits per heavy atom. The summed E-state index contributed by atoms with van der Waals surface area (Å²) in [7, 11) is 0. The third kappa shape index (κ3) is 4.08. The van der Waals surface area contributed by atoms with Gasteiger partial charge in [-0.05, 0) is 43.6 Å². The van der Waals surface area contributed by atoms with Gasteiger partial charge in [0.15, 0.2) is 5.82 Å². The first-order valence-electron chi connectivity index (χ1n) is 9.70. The van der Waals surface area contributed by atoms with E-state index in [0.717, 1.165) is 31.6 Å². The molecule has 146 valence electrons. The van der Waals surface area contributed by atoms with E-state index in [9.17, 15) is 9.18 Å². The second kappa shape index (κ2) is 7.62. The fraction of sp³-hybridized carbons (Fsp3) is 0.842. The van der Waals surface area contributed by atoms with Crippen molar-refractivity contribution in [3.05, 3.63) is 11.7 Å². The number of nitrogens with one attached hydrogen (secondary N) is 1. The monoisotopic (exact) mass is 366 g/mol. The van der Waals surface area contributed by atoms with E-state index < -0.39 is 6.17 Å². The number of amides is 1. The zero-order valence-electron chi connectivity index (χ0n) is 16.3. The number of alkyl halides is 1. The van der Waals surface area contributed by atoms with Crippen LogP contribution in [0.25, 0.3) is 0 Å². The number of rotatable bonds is 6. The van der Waals surface area contributed by atoms with Crippen molar-refractivity contribution in [2.45, 2.75) is 65.6 Å². The van der Waals surface area contributed by atoms with Gasteiger partial charge in [0.25, 0.3) is 0 Å². The molecule has 1 aliphatic carbocycles. The molecule has 1 unspecified atom stereocenters. The maximum absolute atomic E-state index is 13.4. The lowest BCUT2D eigenvalue weighted by atomic mass is 9.74. The van der Waals surface area contributed by atoms with Crippen molar-refractivity contribution in [2.75, 3.05) is 19.6 Å².